The summed E-state index contributed by atoms with van der Waals surface area (Å²) < 4.78 is 22.7. The Balaban J connectivity index is 2.05. The number of nitrogens with two attached hydrogens (primary N) is 1. The number of carbonyl (C=O) groups is 3. The molecule has 0 radical (unpaired) electrons. The van der Waals surface area contributed by atoms with Crippen molar-refractivity contribution in [2.45, 2.75) is 42.7 Å². The summed E-state index contributed by atoms with van der Waals surface area (Å²) in [5.74, 6) is -0.800. The number of anilines is 1. The van der Waals surface area contributed by atoms with Crippen molar-refractivity contribution in [3.63, 3.8) is 0 Å². The van der Waals surface area contributed by atoms with E-state index in [2.05, 4.69) is 10.6 Å². The summed E-state index contributed by atoms with van der Waals surface area (Å²) in [6.45, 7) is 6.97. The van der Waals surface area contributed by atoms with Gasteiger partial charge < -0.3 is 10.6 Å². The number of primary sulfonamides is 1. The lowest BCUT2D eigenvalue weighted by Gasteiger charge is -2.18. The fourth-order valence-corrected chi connectivity index (χ4v) is 4.00. The van der Waals surface area contributed by atoms with Crippen LogP contribution < -0.4 is 15.8 Å². The average molecular weight is 478 g/mol. The molecular weight excluding hydrogens is 450 g/mol. The molecule has 2 aromatic carbocycles. The monoisotopic (exact) mass is 477 g/mol. The van der Waals surface area contributed by atoms with Gasteiger partial charge >= 0.3 is 0 Å². The van der Waals surface area contributed by atoms with Crippen LogP contribution in [0, 0.1) is 5.41 Å². The van der Waals surface area contributed by atoms with E-state index in [0.717, 1.165) is 0 Å². The van der Waals surface area contributed by atoms with Gasteiger partial charge in [-0.05, 0) is 43.3 Å². The van der Waals surface area contributed by atoms with Crippen molar-refractivity contribution >= 4 is 45.1 Å². The lowest BCUT2D eigenvalue weighted by atomic mass is 9.91. The molecule has 0 aliphatic rings. The van der Waals surface area contributed by atoms with Crippen LogP contribution >= 0.6 is 11.8 Å². The Morgan fingerprint density at radius 3 is 2.19 bits per heavy atom. The van der Waals surface area contributed by atoms with Crippen LogP contribution in [0.25, 0.3) is 0 Å². The van der Waals surface area contributed by atoms with E-state index in [1.165, 1.54) is 36.0 Å². The highest BCUT2D eigenvalue weighted by Crippen LogP contribution is 2.28. The third-order valence-corrected chi connectivity index (χ3v) is 6.61. The number of benzene rings is 2. The Morgan fingerprint density at radius 2 is 1.62 bits per heavy atom. The zero-order chi connectivity index (χ0) is 24.1. The molecule has 0 saturated carbocycles. The first-order chi connectivity index (χ1) is 14.8. The Labute approximate surface area is 192 Å². The summed E-state index contributed by atoms with van der Waals surface area (Å²) in [6, 6.07) is 12.3. The molecule has 10 heteroatoms. The van der Waals surface area contributed by atoms with Gasteiger partial charge in [0.25, 0.3) is 5.91 Å². The molecule has 2 rings (SSSR count). The van der Waals surface area contributed by atoms with Gasteiger partial charge in [-0.1, -0.05) is 32.9 Å². The first-order valence-electron chi connectivity index (χ1n) is 9.80. The summed E-state index contributed by atoms with van der Waals surface area (Å²) in [4.78, 5) is 37.8. The highest BCUT2D eigenvalue weighted by Gasteiger charge is 2.23. The highest BCUT2D eigenvalue weighted by atomic mass is 32.2. The second kappa shape index (κ2) is 10.3. The second-order valence-electron chi connectivity index (χ2n) is 8.17. The SMILES string of the molecule is CC(Sc1ccccc1C(=O)NCC(=O)C(C)(C)C)C(=O)Nc1ccc(S(N)(=O)=O)cc1. The molecule has 0 saturated heterocycles. The highest BCUT2D eigenvalue weighted by molar-refractivity contribution is 8.00. The minimum Gasteiger partial charge on any atom is -0.345 e. The van der Waals surface area contributed by atoms with Gasteiger partial charge in [0.05, 0.1) is 22.3 Å². The minimum absolute atomic E-state index is 0.0530. The smallest absolute Gasteiger partial charge is 0.252 e. The molecule has 0 aromatic heterocycles. The number of carbonyl (C=O) groups excluding carboxylic acids is 3. The Morgan fingerprint density at radius 1 is 1.03 bits per heavy atom. The van der Waals surface area contributed by atoms with E-state index >= 15 is 0 Å². The van der Waals surface area contributed by atoms with Crippen LogP contribution in [0.2, 0.25) is 0 Å². The number of hydrogen-bond donors (Lipinski definition) is 3. The maximum absolute atomic E-state index is 12.6. The van der Waals surface area contributed by atoms with Crippen molar-refractivity contribution in [2.75, 3.05) is 11.9 Å². The fourth-order valence-electron chi connectivity index (χ4n) is 2.49. The number of Topliss-reactive ketones (excluding diaryl/α,β-unsaturated/α-hetero) is 1. The van der Waals surface area contributed by atoms with Crippen LogP contribution in [-0.2, 0) is 19.6 Å². The molecule has 0 aliphatic carbocycles. The van der Waals surface area contributed by atoms with Crippen molar-refractivity contribution in [3.8, 4) is 0 Å². The number of sulfonamides is 1. The Kier molecular flexibility index (Phi) is 8.22. The van der Waals surface area contributed by atoms with E-state index in [4.69, 9.17) is 5.14 Å². The van der Waals surface area contributed by atoms with Crippen LogP contribution in [-0.4, -0.2) is 37.8 Å². The molecule has 0 bridgehead atoms. The zero-order valence-corrected chi connectivity index (χ0v) is 20.0. The number of thioether (sulfide) groups is 1. The molecule has 4 N–H and O–H groups in total. The number of hydrogen-bond acceptors (Lipinski definition) is 6. The average Bonchev–Trinajstić information content (AvgIpc) is 2.71. The molecule has 2 aromatic rings. The van der Waals surface area contributed by atoms with Gasteiger partial charge in [0.15, 0.2) is 5.78 Å². The maximum atomic E-state index is 12.6. The summed E-state index contributed by atoms with van der Waals surface area (Å²) >= 11 is 1.20. The lowest BCUT2D eigenvalue weighted by molar-refractivity contribution is -0.125. The molecule has 0 fully saturated rings. The molecule has 1 atom stereocenters. The molecule has 8 nitrogen and oxygen atoms in total. The number of rotatable bonds is 8. The number of nitrogens with one attached hydrogen (secondary N) is 2. The van der Waals surface area contributed by atoms with Crippen LogP contribution in [0.1, 0.15) is 38.1 Å². The third kappa shape index (κ3) is 7.18. The van der Waals surface area contributed by atoms with E-state index in [-0.39, 0.29) is 23.1 Å². The lowest BCUT2D eigenvalue weighted by Crippen LogP contribution is -2.35. The molecule has 0 heterocycles. The largest absolute Gasteiger partial charge is 0.345 e. The van der Waals surface area contributed by atoms with Gasteiger partial charge in [-0.25, -0.2) is 13.6 Å². The summed E-state index contributed by atoms with van der Waals surface area (Å²) in [6.07, 6.45) is 0. The van der Waals surface area contributed by atoms with Crippen molar-refractivity contribution < 1.29 is 22.8 Å². The van der Waals surface area contributed by atoms with Gasteiger partial charge in [0, 0.05) is 16.0 Å². The Hall–Kier alpha value is -2.69. The van der Waals surface area contributed by atoms with E-state index < -0.39 is 26.6 Å². The quantitative estimate of drug-likeness (QED) is 0.500. The Bertz CT molecular complexity index is 1110. The molecular formula is C22H27N3O5S2. The van der Waals surface area contributed by atoms with Crippen molar-refractivity contribution in [3.05, 3.63) is 54.1 Å². The normalized spacial score (nSPS) is 12.7. The van der Waals surface area contributed by atoms with Crippen molar-refractivity contribution in [2.24, 2.45) is 10.6 Å². The van der Waals surface area contributed by atoms with Gasteiger partial charge in [0.1, 0.15) is 0 Å². The standard InChI is InChI=1S/C22H27N3O5S2/c1-14(20(27)25-15-9-11-16(12-10-15)32(23,29)30)31-18-8-6-5-7-17(18)21(28)24-13-19(26)22(2,3)4/h5-12,14H,13H2,1-4H3,(H,24,28)(H,25,27)(H2,23,29,30). The fraction of sp³-hybridized carbons (Fsp3) is 0.318. The molecule has 2 amide bonds. The van der Waals surface area contributed by atoms with Gasteiger partial charge in [-0.2, -0.15) is 0 Å². The third-order valence-electron chi connectivity index (χ3n) is 4.50. The predicted octanol–water partition coefficient (Wildman–Crippen LogP) is 2.80. The zero-order valence-electron chi connectivity index (χ0n) is 18.3. The van der Waals surface area contributed by atoms with Crippen molar-refractivity contribution in [1.82, 2.24) is 5.32 Å². The topological polar surface area (TPSA) is 135 Å². The van der Waals surface area contributed by atoms with Gasteiger partial charge in [0.2, 0.25) is 15.9 Å². The van der Waals surface area contributed by atoms with Crippen molar-refractivity contribution in [1.29, 1.82) is 0 Å². The summed E-state index contributed by atoms with van der Waals surface area (Å²) in [5, 5.41) is 9.86. The minimum atomic E-state index is -3.81. The van der Waals surface area contributed by atoms with E-state index in [9.17, 15) is 22.8 Å². The second-order valence-corrected chi connectivity index (χ2v) is 11.1. The molecule has 0 aliphatic heterocycles. The molecule has 172 valence electrons. The van der Waals surface area contributed by atoms with Gasteiger partial charge in [-0.3, -0.25) is 14.4 Å². The molecule has 0 spiro atoms. The van der Waals surface area contributed by atoms with Gasteiger partial charge in [-0.15, -0.1) is 11.8 Å². The van der Waals surface area contributed by atoms with Crippen LogP contribution in [0.3, 0.4) is 0 Å². The first kappa shape index (κ1) is 25.6. The van der Waals surface area contributed by atoms with Crippen LogP contribution in [0.5, 0.6) is 0 Å². The maximum Gasteiger partial charge on any atom is 0.252 e. The van der Waals surface area contributed by atoms with Crippen LogP contribution in [0.4, 0.5) is 5.69 Å². The number of ketones is 1. The summed E-state index contributed by atoms with van der Waals surface area (Å²) in [5.41, 5.74) is 0.235. The van der Waals surface area contributed by atoms with E-state index in [1.807, 2.05) is 0 Å². The van der Waals surface area contributed by atoms with Crippen LogP contribution in [0.15, 0.2) is 58.3 Å². The molecule has 32 heavy (non-hydrogen) atoms. The predicted molar refractivity (Wildman–Crippen MR) is 125 cm³/mol. The number of amides is 2. The summed E-state index contributed by atoms with van der Waals surface area (Å²) in [7, 11) is -3.81. The van der Waals surface area contributed by atoms with E-state index in [0.29, 0.717) is 16.1 Å². The van der Waals surface area contributed by atoms with E-state index in [1.54, 1.807) is 52.0 Å². The molecule has 1 unspecified atom stereocenters. The first-order valence-corrected chi connectivity index (χ1v) is 12.2.